The van der Waals surface area contributed by atoms with Gasteiger partial charge in [0.2, 0.25) is 0 Å². The van der Waals surface area contributed by atoms with E-state index in [9.17, 15) is 22.4 Å². The maximum Gasteiger partial charge on any atom is 0.412 e. The summed E-state index contributed by atoms with van der Waals surface area (Å²) < 4.78 is 53.1. The van der Waals surface area contributed by atoms with Crippen LogP contribution in [0.4, 0.5) is 17.6 Å². The van der Waals surface area contributed by atoms with E-state index in [4.69, 9.17) is 16.7 Å². The lowest BCUT2D eigenvalue weighted by Gasteiger charge is -2.10. The molecule has 0 aliphatic heterocycles. The van der Waals surface area contributed by atoms with Crippen LogP contribution in [0.1, 0.15) is 27.7 Å². The lowest BCUT2D eigenvalue weighted by molar-refractivity contribution is -0.0912. The van der Waals surface area contributed by atoms with Gasteiger partial charge in [-0.15, -0.1) is 11.3 Å². The van der Waals surface area contributed by atoms with Crippen molar-refractivity contribution in [3.63, 3.8) is 0 Å². The van der Waals surface area contributed by atoms with Crippen LogP contribution in [0.15, 0.2) is 77.1 Å². The number of hydrogen-bond donors (Lipinski definition) is 1. The summed E-state index contributed by atoms with van der Waals surface area (Å²) in [6.45, 7) is 4.82. The minimum atomic E-state index is -4.53. The lowest BCUT2D eigenvalue weighted by atomic mass is 10.00. The van der Waals surface area contributed by atoms with E-state index in [-0.39, 0.29) is 16.4 Å². The molecule has 0 saturated carbocycles. The second-order valence-corrected chi connectivity index (χ2v) is 8.27. The largest absolute Gasteiger partial charge is 0.478 e. The lowest BCUT2D eigenvalue weighted by Crippen LogP contribution is -2.11. The van der Waals surface area contributed by atoms with Gasteiger partial charge >= 0.3 is 12.1 Å². The van der Waals surface area contributed by atoms with Crippen LogP contribution in [0.3, 0.4) is 0 Å². The van der Waals surface area contributed by atoms with Crippen molar-refractivity contribution in [2.24, 2.45) is 4.99 Å². The molecule has 0 amide bonds. The van der Waals surface area contributed by atoms with Gasteiger partial charge in [0.25, 0.3) is 0 Å². The summed E-state index contributed by atoms with van der Waals surface area (Å²) in [4.78, 5) is 15.9. The number of aliphatic imine (C=N–C) groups is 1. The molecule has 9 heteroatoms. The monoisotopic (exact) mass is 493 g/mol. The Morgan fingerprint density at radius 1 is 1.15 bits per heavy atom. The molecule has 1 heterocycles. The number of thiophene rings is 1. The van der Waals surface area contributed by atoms with E-state index >= 15 is 0 Å². The zero-order chi connectivity index (χ0) is 24.3. The maximum absolute atomic E-state index is 13.7. The Hall–Kier alpha value is -3.23. The first-order valence-electron chi connectivity index (χ1n) is 9.37. The summed E-state index contributed by atoms with van der Waals surface area (Å²) >= 11 is 7.28. The first kappa shape index (κ1) is 24.4. The highest BCUT2D eigenvalue weighted by Crippen LogP contribution is 2.31. The topological polar surface area (TPSA) is 49.7 Å². The number of benzene rings is 2. The molecular weight excluding hydrogens is 478 g/mol. The number of hydrogen-bond acceptors (Lipinski definition) is 3. The molecular formula is C24H16ClF4NO2S. The average molecular weight is 494 g/mol. The molecule has 0 aliphatic carbocycles. The molecule has 0 saturated heterocycles. The smallest absolute Gasteiger partial charge is 0.412 e. The zero-order valence-corrected chi connectivity index (χ0v) is 18.7. The van der Waals surface area contributed by atoms with E-state index in [1.807, 2.05) is 0 Å². The Labute approximate surface area is 196 Å². The van der Waals surface area contributed by atoms with Crippen molar-refractivity contribution in [2.75, 3.05) is 0 Å². The fourth-order valence-corrected chi connectivity index (χ4v) is 3.98. The van der Waals surface area contributed by atoms with Crippen LogP contribution < -0.4 is 0 Å². The summed E-state index contributed by atoms with van der Waals surface area (Å²) in [5.41, 5.74) is 0.345. The van der Waals surface area contributed by atoms with Crippen LogP contribution in [0, 0.1) is 5.82 Å². The fraction of sp³-hybridized carbons (Fsp3) is 0.0833. The molecule has 33 heavy (non-hydrogen) atoms. The Morgan fingerprint density at radius 2 is 1.85 bits per heavy atom. The summed E-state index contributed by atoms with van der Waals surface area (Å²) in [7, 11) is 0. The van der Waals surface area contributed by atoms with Gasteiger partial charge in [-0.2, -0.15) is 13.2 Å². The first-order valence-corrected chi connectivity index (χ1v) is 10.6. The summed E-state index contributed by atoms with van der Waals surface area (Å²) in [6, 6.07) is 11.9. The second kappa shape index (κ2) is 9.72. The van der Waals surface area contributed by atoms with E-state index in [0.717, 1.165) is 30.4 Å². The van der Waals surface area contributed by atoms with Crippen LogP contribution in [-0.4, -0.2) is 23.0 Å². The van der Waals surface area contributed by atoms with Crippen molar-refractivity contribution in [3.05, 3.63) is 99.0 Å². The average Bonchev–Trinajstić information content (AvgIpc) is 3.18. The second-order valence-electron chi connectivity index (χ2n) is 6.95. The number of nitrogens with zero attached hydrogens (tertiary/aromatic N) is 1. The van der Waals surface area contributed by atoms with E-state index < -0.39 is 29.1 Å². The van der Waals surface area contributed by atoms with E-state index in [1.54, 1.807) is 35.7 Å². The SMILES string of the molecule is C=C(/N=C(\C=C(/C)C(F)(F)F)c1sccc1Cl)c1cccc(-c2ccc(F)c(C(=O)O)c2)c1. The van der Waals surface area contributed by atoms with Crippen molar-refractivity contribution in [2.45, 2.75) is 13.1 Å². The van der Waals surface area contributed by atoms with Crippen molar-refractivity contribution in [3.8, 4) is 11.1 Å². The van der Waals surface area contributed by atoms with E-state index in [0.29, 0.717) is 21.6 Å². The normalized spacial score (nSPS) is 12.7. The van der Waals surface area contributed by atoms with Gasteiger partial charge in [-0.25, -0.2) is 14.2 Å². The van der Waals surface area contributed by atoms with Crippen molar-refractivity contribution in [1.82, 2.24) is 0 Å². The highest BCUT2D eigenvalue weighted by atomic mass is 35.5. The molecule has 0 bridgehead atoms. The van der Waals surface area contributed by atoms with Gasteiger partial charge in [-0.05, 0) is 53.8 Å². The number of rotatable bonds is 6. The predicted molar refractivity (Wildman–Crippen MR) is 124 cm³/mol. The Kier molecular flexibility index (Phi) is 7.19. The molecule has 0 aliphatic rings. The molecule has 0 atom stereocenters. The molecule has 0 fully saturated rings. The van der Waals surface area contributed by atoms with Gasteiger partial charge in [-0.1, -0.05) is 42.4 Å². The maximum atomic E-state index is 13.7. The molecule has 3 rings (SSSR count). The molecule has 3 nitrogen and oxygen atoms in total. The Morgan fingerprint density at radius 3 is 2.45 bits per heavy atom. The number of alkyl halides is 3. The van der Waals surface area contributed by atoms with Crippen LogP contribution in [0.2, 0.25) is 5.02 Å². The number of carbonyl (C=O) groups is 1. The third kappa shape index (κ3) is 5.77. The fourth-order valence-electron chi connectivity index (χ4n) is 2.87. The van der Waals surface area contributed by atoms with E-state index in [2.05, 4.69) is 11.6 Å². The molecule has 1 N–H and O–H groups in total. The number of carboxylic acids is 1. The Balaban J connectivity index is 2.04. The van der Waals surface area contributed by atoms with Gasteiger partial charge in [0.05, 0.1) is 26.9 Å². The van der Waals surface area contributed by atoms with Crippen LogP contribution in [-0.2, 0) is 0 Å². The Bertz CT molecular complexity index is 1290. The molecule has 3 aromatic rings. The minimum Gasteiger partial charge on any atom is -0.478 e. The number of carboxylic acid groups (broad SMARTS) is 1. The highest BCUT2D eigenvalue weighted by molar-refractivity contribution is 7.13. The van der Waals surface area contributed by atoms with Crippen LogP contribution in [0.25, 0.3) is 16.8 Å². The van der Waals surface area contributed by atoms with Gasteiger partial charge in [0.1, 0.15) is 5.82 Å². The summed E-state index contributed by atoms with van der Waals surface area (Å²) in [5, 5.41) is 11.1. The van der Waals surface area contributed by atoms with E-state index in [1.165, 1.54) is 12.1 Å². The van der Waals surface area contributed by atoms with Crippen LogP contribution in [0.5, 0.6) is 0 Å². The number of aromatic carboxylic acids is 1. The molecule has 2 aromatic carbocycles. The third-order valence-electron chi connectivity index (χ3n) is 4.63. The van der Waals surface area contributed by atoms with Crippen molar-refractivity contribution in [1.29, 1.82) is 0 Å². The van der Waals surface area contributed by atoms with Crippen molar-refractivity contribution < 1.29 is 27.5 Å². The van der Waals surface area contributed by atoms with Gasteiger partial charge < -0.3 is 5.11 Å². The molecule has 170 valence electrons. The predicted octanol–water partition coefficient (Wildman–Crippen LogP) is 7.87. The molecule has 0 spiro atoms. The quantitative estimate of drug-likeness (QED) is 0.280. The van der Waals surface area contributed by atoms with Gasteiger partial charge in [0.15, 0.2) is 0 Å². The molecule has 1 aromatic heterocycles. The standard InChI is InChI=1S/C24H16ClF4NO2S/c1-13(24(27,28)29)10-21(22-19(25)8-9-33-22)30-14(2)15-4-3-5-16(11-15)17-6-7-20(26)18(12-17)23(31)32/h3-12H,2H2,1H3,(H,31,32)/b13-10+,30-21+. The number of halogens is 5. The van der Waals surface area contributed by atoms with Crippen molar-refractivity contribution >= 4 is 40.3 Å². The molecule has 0 unspecified atom stereocenters. The summed E-state index contributed by atoms with van der Waals surface area (Å²) in [6.07, 6.45) is -3.62. The minimum absolute atomic E-state index is 0.00942. The summed E-state index contributed by atoms with van der Waals surface area (Å²) in [5.74, 6) is -2.26. The molecule has 0 radical (unpaired) electrons. The highest BCUT2D eigenvalue weighted by Gasteiger charge is 2.30. The van der Waals surface area contributed by atoms with Gasteiger partial charge in [-0.3, -0.25) is 0 Å². The number of allylic oxidation sites excluding steroid dienone is 2. The first-order chi connectivity index (χ1) is 15.5. The van der Waals surface area contributed by atoms with Crippen LogP contribution >= 0.6 is 22.9 Å². The van der Waals surface area contributed by atoms with Gasteiger partial charge in [0, 0.05) is 11.1 Å². The zero-order valence-electron chi connectivity index (χ0n) is 17.1. The third-order valence-corrected chi connectivity index (χ3v) is 6.00.